The number of rotatable bonds is 3. The van der Waals surface area contributed by atoms with Crippen LogP contribution in [-0.2, 0) is 6.54 Å². The second-order valence-corrected chi connectivity index (χ2v) is 5.52. The van der Waals surface area contributed by atoms with Crippen LogP contribution in [0.15, 0.2) is 53.6 Å². The third kappa shape index (κ3) is 2.57. The molecule has 0 spiro atoms. The summed E-state index contributed by atoms with van der Waals surface area (Å²) in [6, 6.07) is 11.4. The third-order valence-electron chi connectivity index (χ3n) is 3.34. The minimum atomic E-state index is -0.0352. The first kappa shape index (κ1) is 13.5. The van der Waals surface area contributed by atoms with Gasteiger partial charge in [0.15, 0.2) is 0 Å². The van der Waals surface area contributed by atoms with E-state index in [1.54, 1.807) is 17.1 Å². The van der Waals surface area contributed by atoms with Gasteiger partial charge in [-0.2, -0.15) is 5.10 Å². The van der Waals surface area contributed by atoms with Gasteiger partial charge in [0.2, 0.25) is 0 Å². The summed E-state index contributed by atoms with van der Waals surface area (Å²) in [5, 5.41) is 6.15. The SMILES string of the molecule is CC(C)Cn1nc(-c2cccnc2)c2ccccc2c1=O. The van der Waals surface area contributed by atoms with Gasteiger partial charge < -0.3 is 0 Å². The molecule has 2 aromatic heterocycles. The summed E-state index contributed by atoms with van der Waals surface area (Å²) in [4.78, 5) is 16.7. The molecule has 0 aliphatic rings. The van der Waals surface area contributed by atoms with Gasteiger partial charge in [0.05, 0.1) is 5.39 Å². The Morgan fingerprint density at radius 3 is 2.52 bits per heavy atom. The summed E-state index contributed by atoms with van der Waals surface area (Å²) in [6.45, 7) is 4.76. The van der Waals surface area contributed by atoms with Crippen molar-refractivity contribution in [3.8, 4) is 11.3 Å². The number of hydrogen-bond acceptors (Lipinski definition) is 3. The minimum Gasteiger partial charge on any atom is -0.267 e. The van der Waals surface area contributed by atoms with Gasteiger partial charge in [-0.15, -0.1) is 0 Å². The van der Waals surface area contributed by atoms with Gasteiger partial charge in [0.1, 0.15) is 5.69 Å². The van der Waals surface area contributed by atoms with Crippen LogP contribution >= 0.6 is 0 Å². The predicted octanol–water partition coefficient (Wildman–Crippen LogP) is 3.11. The highest BCUT2D eigenvalue weighted by molar-refractivity contribution is 5.93. The molecule has 0 unspecified atom stereocenters. The maximum Gasteiger partial charge on any atom is 0.274 e. The highest BCUT2D eigenvalue weighted by Gasteiger charge is 2.12. The first-order valence-corrected chi connectivity index (χ1v) is 7.07. The molecule has 2 heterocycles. The lowest BCUT2D eigenvalue weighted by atomic mass is 10.1. The molecule has 106 valence electrons. The molecule has 3 aromatic rings. The van der Waals surface area contributed by atoms with E-state index in [4.69, 9.17) is 0 Å². The molecule has 21 heavy (non-hydrogen) atoms. The molecule has 0 amide bonds. The zero-order valence-corrected chi connectivity index (χ0v) is 12.2. The van der Waals surface area contributed by atoms with E-state index in [0.29, 0.717) is 17.8 Å². The molecule has 4 heteroatoms. The lowest BCUT2D eigenvalue weighted by molar-refractivity contribution is 0.468. The van der Waals surface area contributed by atoms with Gasteiger partial charge in [0.25, 0.3) is 5.56 Å². The smallest absolute Gasteiger partial charge is 0.267 e. The van der Waals surface area contributed by atoms with E-state index in [2.05, 4.69) is 23.9 Å². The van der Waals surface area contributed by atoms with E-state index in [1.807, 2.05) is 36.4 Å². The van der Waals surface area contributed by atoms with Crippen LogP contribution in [0.3, 0.4) is 0 Å². The number of fused-ring (bicyclic) bond motifs is 1. The second-order valence-electron chi connectivity index (χ2n) is 5.52. The van der Waals surface area contributed by atoms with Gasteiger partial charge >= 0.3 is 0 Å². The van der Waals surface area contributed by atoms with E-state index < -0.39 is 0 Å². The van der Waals surface area contributed by atoms with Gasteiger partial charge in [-0.3, -0.25) is 9.78 Å². The molecule has 0 saturated carbocycles. The molecular weight excluding hydrogens is 262 g/mol. The zero-order chi connectivity index (χ0) is 14.8. The Bertz CT molecular complexity index is 822. The fourth-order valence-electron chi connectivity index (χ4n) is 2.42. The average Bonchev–Trinajstić information content (AvgIpc) is 2.51. The number of aromatic nitrogens is 3. The largest absolute Gasteiger partial charge is 0.274 e. The zero-order valence-electron chi connectivity index (χ0n) is 12.2. The molecule has 3 rings (SSSR count). The minimum absolute atomic E-state index is 0.0352. The first-order chi connectivity index (χ1) is 10.2. The van der Waals surface area contributed by atoms with Crippen LogP contribution in [-0.4, -0.2) is 14.8 Å². The summed E-state index contributed by atoms with van der Waals surface area (Å²) in [7, 11) is 0. The van der Waals surface area contributed by atoms with Crippen LogP contribution in [0.25, 0.3) is 22.0 Å². The lowest BCUT2D eigenvalue weighted by Gasteiger charge is -2.12. The van der Waals surface area contributed by atoms with Gasteiger partial charge in [-0.05, 0) is 24.1 Å². The van der Waals surface area contributed by atoms with Crippen LogP contribution in [0.2, 0.25) is 0 Å². The molecule has 1 aromatic carbocycles. The second kappa shape index (κ2) is 5.48. The Hall–Kier alpha value is -2.49. The molecule has 0 aliphatic carbocycles. The van der Waals surface area contributed by atoms with Crippen molar-refractivity contribution in [3.05, 3.63) is 59.1 Å². The number of hydrogen-bond donors (Lipinski definition) is 0. The molecular formula is C17H17N3O. The Morgan fingerprint density at radius 1 is 1.10 bits per heavy atom. The number of nitrogens with zero attached hydrogens (tertiary/aromatic N) is 3. The third-order valence-corrected chi connectivity index (χ3v) is 3.34. The summed E-state index contributed by atoms with van der Waals surface area (Å²) < 4.78 is 1.56. The van der Waals surface area contributed by atoms with Crippen LogP contribution in [0, 0.1) is 5.92 Å². The number of benzene rings is 1. The Balaban J connectivity index is 2.33. The van der Waals surface area contributed by atoms with Crippen molar-refractivity contribution in [2.75, 3.05) is 0 Å². The average molecular weight is 279 g/mol. The van der Waals surface area contributed by atoms with Crippen LogP contribution in [0.1, 0.15) is 13.8 Å². The molecule has 0 bridgehead atoms. The van der Waals surface area contributed by atoms with E-state index in [-0.39, 0.29) is 5.56 Å². The van der Waals surface area contributed by atoms with Crippen molar-refractivity contribution < 1.29 is 0 Å². The van der Waals surface area contributed by atoms with Gasteiger partial charge in [-0.25, -0.2) is 4.68 Å². The molecule has 4 nitrogen and oxygen atoms in total. The van der Waals surface area contributed by atoms with Crippen LogP contribution in [0.4, 0.5) is 0 Å². The maximum absolute atomic E-state index is 12.5. The molecule has 0 saturated heterocycles. The molecule has 0 aliphatic heterocycles. The fourth-order valence-corrected chi connectivity index (χ4v) is 2.42. The predicted molar refractivity (Wildman–Crippen MR) is 84.1 cm³/mol. The van der Waals surface area contributed by atoms with Crippen molar-refractivity contribution in [2.45, 2.75) is 20.4 Å². The van der Waals surface area contributed by atoms with Gasteiger partial charge in [-0.1, -0.05) is 32.0 Å². The standard InChI is InChI=1S/C17H17N3O/c1-12(2)11-20-17(21)15-8-4-3-7-14(15)16(19-20)13-6-5-9-18-10-13/h3-10,12H,11H2,1-2H3. The molecule has 0 radical (unpaired) electrons. The Morgan fingerprint density at radius 2 is 1.86 bits per heavy atom. The fraction of sp³-hybridized carbons (Fsp3) is 0.235. The molecule has 0 N–H and O–H groups in total. The first-order valence-electron chi connectivity index (χ1n) is 7.07. The Kier molecular flexibility index (Phi) is 3.52. The van der Waals surface area contributed by atoms with Crippen molar-refractivity contribution in [2.24, 2.45) is 5.92 Å². The summed E-state index contributed by atoms with van der Waals surface area (Å²) in [5.74, 6) is 0.359. The summed E-state index contributed by atoms with van der Waals surface area (Å²) >= 11 is 0. The monoisotopic (exact) mass is 279 g/mol. The molecule has 0 atom stereocenters. The summed E-state index contributed by atoms with van der Waals surface area (Å²) in [6.07, 6.45) is 3.51. The van der Waals surface area contributed by atoms with Crippen molar-refractivity contribution in [3.63, 3.8) is 0 Å². The van der Waals surface area contributed by atoms with E-state index in [1.165, 1.54) is 0 Å². The molecule has 0 fully saturated rings. The van der Waals surface area contributed by atoms with Crippen LogP contribution in [0.5, 0.6) is 0 Å². The normalized spacial score (nSPS) is 11.2. The topological polar surface area (TPSA) is 47.8 Å². The highest BCUT2D eigenvalue weighted by Crippen LogP contribution is 2.23. The Labute approximate surface area is 123 Å². The van der Waals surface area contributed by atoms with E-state index in [0.717, 1.165) is 16.6 Å². The van der Waals surface area contributed by atoms with E-state index >= 15 is 0 Å². The quantitative estimate of drug-likeness (QED) is 0.740. The summed E-state index contributed by atoms with van der Waals surface area (Å²) in [5.41, 5.74) is 1.69. The van der Waals surface area contributed by atoms with Crippen LogP contribution < -0.4 is 5.56 Å². The van der Waals surface area contributed by atoms with Crippen molar-refractivity contribution >= 4 is 10.8 Å². The van der Waals surface area contributed by atoms with E-state index in [9.17, 15) is 4.79 Å². The number of pyridine rings is 1. The lowest BCUT2D eigenvalue weighted by Crippen LogP contribution is -2.25. The van der Waals surface area contributed by atoms with Crippen molar-refractivity contribution in [1.82, 2.24) is 14.8 Å². The van der Waals surface area contributed by atoms with Gasteiger partial charge in [0, 0.05) is 29.9 Å². The maximum atomic E-state index is 12.5. The van der Waals surface area contributed by atoms with Crippen molar-refractivity contribution in [1.29, 1.82) is 0 Å². The highest BCUT2D eigenvalue weighted by atomic mass is 16.1.